The van der Waals surface area contributed by atoms with Crippen LogP contribution in [0.3, 0.4) is 0 Å². The molecule has 0 aromatic carbocycles. The van der Waals surface area contributed by atoms with E-state index in [1.807, 2.05) is 0 Å². The molecule has 13 heteroatoms. The van der Waals surface area contributed by atoms with Crippen molar-refractivity contribution in [3.8, 4) is 0 Å². The van der Waals surface area contributed by atoms with Crippen LogP contribution in [-0.2, 0) is 24.0 Å². The maximum Gasteiger partial charge on any atom is 0.317 e. The van der Waals surface area contributed by atoms with E-state index in [0.717, 1.165) is 4.90 Å². The van der Waals surface area contributed by atoms with Crippen LogP contribution < -0.4 is 0 Å². The molecule has 13 nitrogen and oxygen atoms in total. The molecule has 0 radical (unpaired) electrons. The largest absolute Gasteiger partial charge is 0.480 e. The Hall–Kier alpha value is -2.77. The molecule has 172 valence electrons. The van der Waals surface area contributed by atoms with Crippen molar-refractivity contribution in [3.05, 3.63) is 0 Å². The Balaban J connectivity index is 5.45. The van der Waals surface area contributed by atoms with Crippen molar-refractivity contribution in [1.29, 1.82) is 0 Å². The smallest absolute Gasteiger partial charge is 0.317 e. The fourth-order valence-electron chi connectivity index (χ4n) is 2.96. The van der Waals surface area contributed by atoms with Crippen LogP contribution in [0.5, 0.6) is 0 Å². The molecule has 1 atom stereocenters. The Morgan fingerprint density at radius 2 is 0.933 bits per heavy atom. The molecule has 0 bridgehead atoms. The average Bonchev–Trinajstić information content (AvgIpc) is 2.53. The summed E-state index contributed by atoms with van der Waals surface area (Å²) >= 11 is 0. The summed E-state index contributed by atoms with van der Waals surface area (Å²) in [5, 5.41) is 45.2. The Morgan fingerprint density at radius 1 is 0.600 bits per heavy atom. The van der Waals surface area contributed by atoms with Gasteiger partial charge in [-0.25, -0.2) is 0 Å². The number of hydrogen-bond acceptors (Lipinski definition) is 8. The standard InChI is InChI=1S/C17H29N3O10/c1-11(2)12(20(9-16(27)28)10-17(29)30)5-18(6-13(21)22)3-4-19(7-14(23)24)8-15(25)26/h11-12H,3-10H2,1-2H3,(H,21,22)(H,23,24)(H,25,26)(H,27,28)(H,29,30). The molecule has 0 aliphatic rings. The predicted molar refractivity (Wildman–Crippen MR) is 101 cm³/mol. The molecule has 0 spiro atoms. The average molecular weight is 435 g/mol. The van der Waals surface area contributed by atoms with E-state index < -0.39 is 68.6 Å². The predicted octanol–water partition coefficient (Wildman–Crippen LogP) is -1.66. The fraction of sp³-hybridized carbons (Fsp3) is 0.706. The molecule has 0 aromatic heterocycles. The van der Waals surface area contributed by atoms with Crippen molar-refractivity contribution >= 4 is 29.8 Å². The molecule has 0 saturated carbocycles. The van der Waals surface area contributed by atoms with Crippen LogP contribution in [0, 0.1) is 5.92 Å². The molecule has 0 aliphatic heterocycles. The third-order valence-corrected chi connectivity index (χ3v) is 4.17. The van der Waals surface area contributed by atoms with Gasteiger partial charge in [0.05, 0.1) is 32.7 Å². The van der Waals surface area contributed by atoms with Crippen LogP contribution in [-0.4, -0.2) is 128 Å². The Bertz CT molecular complexity index is 593. The summed E-state index contributed by atoms with van der Waals surface area (Å²) in [7, 11) is 0. The number of carbonyl (C=O) groups is 5. The highest BCUT2D eigenvalue weighted by Crippen LogP contribution is 2.13. The lowest BCUT2D eigenvalue weighted by Gasteiger charge is -2.36. The first-order chi connectivity index (χ1) is 13.8. The number of aliphatic carboxylic acids is 5. The van der Waals surface area contributed by atoms with E-state index in [1.165, 1.54) is 9.80 Å². The zero-order valence-corrected chi connectivity index (χ0v) is 16.9. The topological polar surface area (TPSA) is 196 Å². The molecular formula is C17H29N3O10. The first-order valence-corrected chi connectivity index (χ1v) is 9.09. The zero-order chi connectivity index (χ0) is 23.4. The highest BCUT2D eigenvalue weighted by molar-refractivity contribution is 5.73. The number of hydrogen-bond donors (Lipinski definition) is 5. The van der Waals surface area contributed by atoms with Crippen molar-refractivity contribution < 1.29 is 49.5 Å². The van der Waals surface area contributed by atoms with Crippen molar-refractivity contribution in [2.24, 2.45) is 5.92 Å². The molecule has 0 aliphatic carbocycles. The fourth-order valence-corrected chi connectivity index (χ4v) is 2.96. The summed E-state index contributed by atoms with van der Waals surface area (Å²) in [5.74, 6) is -6.37. The lowest BCUT2D eigenvalue weighted by atomic mass is 10.0. The van der Waals surface area contributed by atoms with Gasteiger partial charge in [-0.1, -0.05) is 13.8 Å². The maximum atomic E-state index is 11.2. The van der Waals surface area contributed by atoms with Gasteiger partial charge >= 0.3 is 29.8 Å². The summed E-state index contributed by atoms with van der Waals surface area (Å²) < 4.78 is 0. The number of carboxylic acids is 5. The van der Waals surface area contributed by atoms with Gasteiger partial charge in [-0.05, 0) is 5.92 Å². The minimum atomic E-state index is -1.24. The van der Waals surface area contributed by atoms with Gasteiger partial charge in [0.2, 0.25) is 0 Å². The van der Waals surface area contributed by atoms with Gasteiger partial charge in [0.15, 0.2) is 0 Å². The summed E-state index contributed by atoms with van der Waals surface area (Å²) in [6.45, 7) is 0.724. The van der Waals surface area contributed by atoms with Crippen LogP contribution in [0.15, 0.2) is 0 Å². The lowest BCUT2D eigenvalue weighted by Crippen LogP contribution is -2.52. The number of rotatable bonds is 17. The lowest BCUT2D eigenvalue weighted by molar-refractivity contribution is -0.145. The molecule has 0 rings (SSSR count). The van der Waals surface area contributed by atoms with E-state index in [1.54, 1.807) is 13.8 Å². The van der Waals surface area contributed by atoms with E-state index in [0.29, 0.717) is 0 Å². The second kappa shape index (κ2) is 13.5. The normalized spacial score (nSPS) is 12.5. The van der Waals surface area contributed by atoms with Gasteiger partial charge in [0.1, 0.15) is 0 Å². The minimum absolute atomic E-state index is 0.00148. The van der Waals surface area contributed by atoms with Gasteiger partial charge in [-0.15, -0.1) is 0 Å². The molecule has 0 fully saturated rings. The van der Waals surface area contributed by atoms with Crippen LogP contribution in [0.2, 0.25) is 0 Å². The summed E-state index contributed by atoms with van der Waals surface area (Å²) in [6, 6.07) is -0.621. The monoisotopic (exact) mass is 435 g/mol. The van der Waals surface area contributed by atoms with Crippen LogP contribution in [0.1, 0.15) is 13.8 Å². The van der Waals surface area contributed by atoms with Crippen molar-refractivity contribution in [2.45, 2.75) is 19.9 Å². The SMILES string of the molecule is CC(C)C(CN(CCN(CC(=O)O)CC(=O)O)CC(=O)O)N(CC(=O)O)CC(=O)O. The molecule has 30 heavy (non-hydrogen) atoms. The number of carboxylic acid groups (broad SMARTS) is 5. The third-order valence-electron chi connectivity index (χ3n) is 4.17. The second-order valence-corrected chi connectivity index (χ2v) is 7.13. The van der Waals surface area contributed by atoms with E-state index in [9.17, 15) is 29.1 Å². The van der Waals surface area contributed by atoms with Gasteiger partial charge in [0, 0.05) is 25.7 Å². The maximum absolute atomic E-state index is 11.2. The molecule has 0 heterocycles. The minimum Gasteiger partial charge on any atom is -0.480 e. The Labute approximate surface area is 173 Å². The highest BCUT2D eigenvalue weighted by atomic mass is 16.4. The first-order valence-electron chi connectivity index (χ1n) is 9.09. The van der Waals surface area contributed by atoms with E-state index in [-0.39, 0.29) is 25.6 Å². The van der Waals surface area contributed by atoms with Crippen LogP contribution in [0.4, 0.5) is 0 Å². The van der Waals surface area contributed by atoms with Gasteiger partial charge < -0.3 is 25.5 Å². The molecule has 1 unspecified atom stereocenters. The molecule has 5 N–H and O–H groups in total. The van der Waals surface area contributed by atoms with Gasteiger partial charge in [0.25, 0.3) is 0 Å². The van der Waals surface area contributed by atoms with Crippen molar-refractivity contribution in [1.82, 2.24) is 14.7 Å². The van der Waals surface area contributed by atoms with Crippen molar-refractivity contribution in [2.75, 3.05) is 52.4 Å². The van der Waals surface area contributed by atoms with Crippen LogP contribution in [0.25, 0.3) is 0 Å². The third kappa shape index (κ3) is 12.6. The summed E-state index contributed by atoms with van der Waals surface area (Å²) in [6.07, 6.45) is 0. The van der Waals surface area contributed by atoms with E-state index >= 15 is 0 Å². The zero-order valence-electron chi connectivity index (χ0n) is 16.9. The Kier molecular flexibility index (Phi) is 12.2. The van der Waals surface area contributed by atoms with Crippen LogP contribution >= 0.6 is 0 Å². The van der Waals surface area contributed by atoms with E-state index in [2.05, 4.69) is 0 Å². The summed E-state index contributed by atoms with van der Waals surface area (Å²) in [4.78, 5) is 59.1. The number of nitrogens with zero attached hydrogens (tertiary/aromatic N) is 3. The molecule has 0 saturated heterocycles. The first kappa shape index (κ1) is 27.2. The molecular weight excluding hydrogens is 406 g/mol. The van der Waals surface area contributed by atoms with Gasteiger partial charge in [-0.3, -0.25) is 38.7 Å². The quantitative estimate of drug-likeness (QED) is 0.174. The Morgan fingerprint density at radius 3 is 1.27 bits per heavy atom. The second-order valence-electron chi connectivity index (χ2n) is 7.13. The van der Waals surface area contributed by atoms with Crippen molar-refractivity contribution in [3.63, 3.8) is 0 Å². The molecule has 0 amide bonds. The van der Waals surface area contributed by atoms with E-state index in [4.69, 9.17) is 20.4 Å². The highest BCUT2D eigenvalue weighted by Gasteiger charge is 2.28. The summed E-state index contributed by atoms with van der Waals surface area (Å²) in [5.41, 5.74) is 0. The molecule has 0 aromatic rings. The van der Waals surface area contributed by atoms with Gasteiger partial charge in [-0.2, -0.15) is 0 Å².